The lowest BCUT2D eigenvalue weighted by atomic mass is 9.84. The molecule has 0 atom stereocenters. The third-order valence-electron chi connectivity index (χ3n) is 2.65. The molecule has 3 heteroatoms. The highest BCUT2D eigenvalue weighted by atomic mass is 16.5. The van der Waals surface area contributed by atoms with Gasteiger partial charge in [-0.15, -0.1) is 0 Å². The molecule has 0 spiro atoms. The molecule has 0 fully saturated rings. The van der Waals surface area contributed by atoms with E-state index in [1.54, 1.807) is 7.11 Å². The molecule has 0 unspecified atom stereocenters. The van der Waals surface area contributed by atoms with Crippen LogP contribution in [0.3, 0.4) is 0 Å². The van der Waals surface area contributed by atoms with E-state index in [1.165, 1.54) is 12.5 Å². The maximum absolute atomic E-state index is 10.9. The van der Waals surface area contributed by atoms with Gasteiger partial charge in [-0.2, -0.15) is 0 Å². The molecule has 0 aliphatic carbocycles. The molecule has 88 valence electrons. The van der Waals surface area contributed by atoms with Gasteiger partial charge in [0.2, 0.25) is 5.91 Å². The molecule has 3 nitrogen and oxygen atoms in total. The van der Waals surface area contributed by atoms with Crippen LogP contribution in [0.1, 0.15) is 26.3 Å². The van der Waals surface area contributed by atoms with Crippen molar-refractivity contribution in [3.8, 4) is 5.75 Å². The average molecular weight is 221 g/mol. The van der Waals surface area contributed by atoms with Gasteiger partial charge in [-0.1, -0.05) is 26.0 Å². The Hall–Kier alpha value is -1.51. The van der Waals surface area contributed by atoms with Gasteiger partial charge in [0.05, 0.1) is 7.11 Å². The fraction of sp³-hybridized carbons (Fsp3) is 0.462. The molecule has 1 amide bonds. The Balaban J connectivity index is 2.76. The molecule has 0 heterocycles. The van der Waals surface area contributed by atoms with E-state index in [0.29, 0.717) is 6.54 Å². The molecule has 0 aliphatic rings. The molecule has 0 bridgehead atoms. The fourth-order valence-electron chi connectivity index (χ4n) is 1.49. The molecule has 1 rings (SSSR count). The lowest BCUT2D eigenvalue weighted by molar-refractivity contribution is -0.119. The van der Waals surface area contributed by atoms with E-state index >= 15 is 0 Å². The van der Waals surface area contributed by atoms with Crippen LogP contribution < -0.4 is 10.1 Å². The maximum Gasteiger partial charge on any atom is 0.216 e. The monoisotopic (exact) mass is 221 g/mol. The smallest absolute Gasteiger partial charge is 0.216 e. The Morgan fingerprint density at radius 3 is 2.31 bits per heavy atom. The van der Waals surface area contributed by atoms with Crippen molar-refractivity contribution >= 4 is 5.91 Å². The lowest BCUT2D eigenvalue weighted by Gasteiger charge is -2.25. The van der Waals surface area contributed by atoms with E-state index in [0.717, 1.165) is 5.75 Å². The van der Waals surface area contributed by atoms with Crippen molar-refractivity contribution in [2.75, 3.05) is 13.7 Å². The second-order valence-corrected chi connectivity index (χ2v) is 4.52. The molecule has 0 radical (unpaired) electrons. The van der Waals surface area contributed by atoms with Crippen LogP contribution in [0, 0.1) is 0 Å². The number of rotatable bonds is 4. The summed E-state index contributed by atoms with van der Waals surface area (Å²) >= 11 is 0. The molecular formula is C13H19NO2. The molecule has 0 saturated carbocycles. The zero-order chi connectivity index (χ0) is 12.2. The zero-order valence-electron chi connectivity index (χ0n) is 10.3. The minimum atomic E-state index is -0.0715. The van der Waals surface area contributed by atoms with Crippen molar-refractivity contribution in [2.45, 2.75) is 26.2 Å². The predicted octanol–water partition coefficient (Wildman–Crippen LogP) is 2.11. The van der Waals surface area contributed by atoms with Gasteiger partial charge in [-0.3, -0.25) is 4.79 Å². The molecule has 1 aromatic rings. The number of hydrogen-bond donors (Lipinski definition) is 1. The molecule has 0 aromatic heterocycles. The molecule has 16 heavy (non-hydrogen) atoms. The highest BCUT2D eigenvalue weighted by molar-refractivity contribution is 5.72. The van der Waals surface area contributed by atoms with Crippen molar-refractivity contribution < 1.29 is 9.53 Å². The summed E-state index contributed by atoms with van der Waals surface area (Å²) < 4.78 is 5.11. The Morgan fingerprint density at radius 1 is 1.31 bits per heavy atom. The Labute approximate surface area is 96.8 Å². The topological polar surface area (TPSA) is 38.3 Å². The third-order valence-corrected chi connectivity index (χ3v) is 2.65. The summed E-state index contributed by atoms with van der Waals surface area (Å²) in [6.07, 6.45) is 0. The van der Waals surface area contributed by atoms with Crippen LogP contribution in [-0.4, -0.2) is 19.6 Å². The SMILES string of the molecule is COc1ccc(C(C)(C)CNC(C)=O)cc1. The average Bonchev–Trinajstić information content (AvgIpc) is 2.27. The Bertz CT molecular complexity index is 355. The summed E-state index contributed by atoms with van der Waals surface area (Å²) in [5.74, 6) is 0.848. The molecule has 1 N–H and O–H groups in total. The van der Waals surface area contributed by atoms with Crippen molar-refractivity contribution in [3.05, 3.63) is 29.8 Å². The highest BCUT2D eigenvalue weighted by Gasteiger charge is 2.20. The van der Waals surface area contributed by atoms with Gasteiger partial charge in [-0.05, 0) is 17.7 Å². The first-order chi connectivity index (χ1) is 7.45. The van der Waals surface area contributed by atoms with E-state index in [-0.39, 0.29) is 11.3 Å². The molecule has 1 aromatic carbocycles. The summed E-state index contributed by atoms with van der Waals surface area (Å²) in [5, 5.41) is 2.84. The highest BCUT2D eigenvalue weighted by Crippen LogP contribution is 2.24. The van der Waals surface area contributed by atoms with Gasteiger partial charge >= 0.3 is 0 Å². The maximum atomic E-state index is 10.9. The summed E-state index contributed by atoms with van der Waals surface area (Å²) in [6.45, 7) is 6.37. The van der Waals surface area contributed by atoms with Crippen LogP contribution in [0.25, 0.3) is 0 Å². The molecular weight excluding hydrogens is 202 g/mol. The molecule has 0 saturated heterocycles. The summed E-state index contributed by atoms with van der Waals surface area (Å²) in [7, 11) is 1.65. The van der Waals surface area contributed by atoms with E-state index in [4.69, 9.17) is 4.74 Å². The Morgan fingerprint density at radius 2 is 1.88 bits per heavy atom. The summed E-state index contributed by atoms with van der Waals surface area (Å²) in [4.78, 5) is 10.9. The third kappa shape index (κ3) is 3.26. The standard InChI is InChI=1S/C13H19NO2/c1-10(15)14-9-13(2,3)11-5-7-12(16-4)8-6-11/h5-8H,9H2,1-4H3,(H,14,15). The first-order valence-corrected chi connectivity index (χ1v) is 5.34. The number of benzene rings is 1. The predicted molar refractivity (Wildman–Crippen MR) is 64.7 cm³/mol. The van der Waals surface area contributed by atoms with Crippen LogP contribution in [0.2, 0.25) is 0 Å². The normalized spacial score (nSPS) is 11.0. The van der Waals surface area contributed by atoms with E-state index in [2.05, 4.69) is 19.2 Å². The van der Waals surface area contributed by atoms with E-state index < -0.39 is 0 Å². The van der Waals surface area contributed by atoms with Gasteiger partial charge in [0, 0.05) is 18.9 Å². The van der Waals surface area contributed by atoms with E-state index in [1.807, 2.05) is 24.3 Å². The first-order valence-electron chi connectivity index (χ1n) is 5.34. The largest absolute Gasteiger partial charge is 0.497 e. The van der Waals surface area contributed by atoms with Crippen LogP contribution in [-0.2, 0) is 10.2 Å². The number of methoxy groups -OCH3 is 1. The summed E-state index contributed by atoms with van der Waals surface area (Å²) in [5.41, 5.74) is 1.11. The minimum absolute atomic E-state index is 0.00147. The minimum Gasteiger partial charge on any atom is -0.497 e. The second-order valence-electron chi connectivity index (χ2n) is 4.52. The van der Waals surface area contributed by atoms with E-state index in [9.17, 15) is 4.79 Å². The lowest BCUT2D eigenvalue weighted by Crippen LogP contribution is -2.35. The number of amides is 1. The van der Waals surface area contributed by atoms with Crippen molar-refractivity contribution in [1.29, 1.82) is 0 Å². The van der Waals surface area contributed by atoms with Gasteiger partial charge in [0.25, 0.3) is 0 Å². The van der Waals surface area contributed by atoms with Crippen LogP contribution in [0.5, 0.6) is 5.75 Å². The van der Waals surface area contributed by atoms with Crippen molar-refractivity contribution in [3.63, 3.8) is 0 Å². The second kappa shape index (κ2) is 5.01. The van der Waals surface area contributed by atoms with Gasteiger partial charge in [-0.25, -0.2) is 0 Å². The van der Waals surface area contributed by atoms with Crippen LogP contribution in [0.4, 0.5) is 0 Å². The number of hydrogen-bond acceptors (Lipinski definition) is 2. The van der Waals surface area contributed by atoms with Crippen molar-refractivity contribution in [1.82, 2.24) is 5.32 Å². The van der Waals surface area contributed by atoms with Gasteiger partial charge < -0.3 is 10.1 Å². The number of ether oxygens (including phenoxy) is 1. The van der Waals surface area contributed by atoms with Crippen molar-refractivity contribution in [2.24, 2.45) is 0 Å². The number of nitrogens with one attached hydrogen (secondary N) is 1. The van der Waals surface area contributed by atoms with Crippen LogP contribution in [0.15, 0.2) is 24.3 Å². The van der Waals surface area contributed by atoms with Crippen LogP contribution >= 0.6 is 0 Å². The quantitative estimate of drug-likeness (QED) is 0.845. The Kier molecular flexibility index (Phi) is 3.93. The zero-order valence-corrected chi connectivity index (χ0v) is 10.3. The van der Waals surface area contributed by atoms with Gasteiger partial charge in [0.1, 0.15) is 5.75 Å². The first kappa shape index (κ1) is 12.6. The summed E-state index contributed by atoms with van der Waals surface area (Å²) in [6, 6.07) is 7.93. The molecule has 0 aliphatic heterocycles. The fourth-order valence-corrected chi connectivity index (χ4v) is 1.49. The number of carbonyl (C=O) groups is 1. The number of carbonyl (C=O) groups excluding carboxylic acids is 1. The van der Waals surface area contributed by atoms with Gasteiger partial charge in [0.15, 0.2) is 0 Å².